The van der Waals surface area contributed by atoms with E-state index in [1.165, 1.54) is 5.56 Å². The molecular formula is C13H21NO. The smallest absolute Gasteiger partial charge is 0.120 e. The summed E-state index contributed by atoms with van der Waals surface area (Å²) in [7, 11) is 0. The second kappa shape index (κ2) is 5.17. The number of nitrogens with one attached hydrogen (secondary N) is 1. The maximum Gasteiger partial charge on any atom is 0.120 e. The third-order valence-corrected chi connectivity index (χ3v) is 2.95. The van der Waals surface area contributed by atoms with Gasteiger partial charge in [-0.3, -0.25) is 0 Å². The molecule has 0 aliphatic rings. The molecule has 0 aliphatic heterocycles. The van der Waals surface area contributed by atoms with Gasteiger partial charge in [0.2, 0.25) is 0 Å². The molecule has 1 aromatic rings. The van der Waals surface area contributed by atoms with Crippen molar-refractivity contribution in [2.24, 2.45) is 0 Å². The molecule has 84 valence electrons. The summed E-state index contributed by atoms with van der Waals surface area (Å²) in [6.07, 6.45) is 1.10. The number of aromatic hydroxyl groups is 1. The lowest BCUT2D eigenvalue weighted by Crippen LogP contribution is -2.24. The molecule has 1 aromatic carbocycles. The number of phenols is 1. The topological polar surface area (TPSA) is 32.3 Å². The first-order valence-corrected chi connectivity index (χ1v) is 5.57. The van der Waals surface area contributed by atoms with Crippen LogP contribution in [-0.4, -0.2) is 11.1 Å². The van der Waals surface area contributed by atoms with Gasteiger partial charge in [-0.15, -0.1) is 0 Å². The van der Waals surface area contributed by atoms with E-state index in [-0.39, 0.29) is 0 Å². The third-order valence-electron chi connectivity index (χ3n) is 2.95. The number of rotatable bonds is 4. The third kappa shape index (κ3) is 3.24. The molecule has 0 saturated carbocycles. The summed E-state index contributed by atoms with van der Waals surface area (Å²) in [6.45, 7) is 9.13. The molecule has 0 bridgehead atoms. The molecule has 1 atom stereocenters. The van der Waals surface area contributed by atoms with Crippen LogP contribution >= 0.6 is 0 Å². The van der Waals surface area contributed by atoms with E-state index in [2.05, 4.69) is 32.2 Å². The van der Waals surface area contributed by atoms with Crippen LogP contribution in [0.2, 0.25) is 0 Å². The summed E-state index contributed by atoms with van der Waals surface area (Å²) in [5.41, 5.74) is 3.35. The molecule has 0 heterocycles. The summed E-state index contributed by atoms with van der Waals surface area (Å²) in [5.74, 6) is 0.397. The second-order valence-electron chi connectivity index (χ2n) is 4.26. The lowest BCUT2D eigenvalue weighted by atomic mass is 10.0. The summed E-state index contributed by atoms with van der Waals surface area (Å²) >= 11 is 0. The second-order valence-corrected chi connectivity index (χ2v) is 4.26. The van der Waals surface area contributed by atoms with Gasteiger partial charge in [0, 0.05) is 18.2 Å². The molecule has 0 spiro atoms. The SMILES string of the molecule is CCC(C)NCc1cc(C)c(C)cc1O. The number of benzene rings is 1. The van der Waals surface area contributed by atoms with Gasteiger partial charge in [0.1, 0.15) is 5.75 Å². The van der Waals surface area contributed by atoms with Crippen LogP contribution in [0.5, 0.6) is 5.75 Å². The van der Waals surface area contributed by atoms with Crippen molar-refractivity contribution in [1.82, 2.24) is 5.32 Å². The van der Waals surface area contributed by atoms with Gasteiger partial charge in [-0.25, -0.2) is 0 Å². The van der Waals surface area contributed by atoms with Gasteiger partial charge in [-0.1, -0.05) is 13.0 Å². The van der Waals surface area contributed by atoms with Gasteiger partial charge in [0.15, 0.2) is 0 Å². The Balaban J connectivity index is 2.73. The molecule has 0 aliphatic carbocycles. The van der Waals surface area contributed by atoms with E-state index in [1.54, 1.807) is 0 Å². The van der Waals surface area contributed by atoms with Gasteiger partial charge in [-0.2, -0.15) is 0 Å². The van der Waals surface area contributed by atoms with Gasteiger partial charge in [0.05, 0.1) is 0 Å². The zero-order chi connectivity index (χ0) is 11.4. The fraction of sp³-hybridized carbons (Fsp3) is 0.538. The molecule has 0 saturated heterocycles. The molecule has 1 rings (SSSR count). The average Bonchev–Trinajstić information content (AvgIpc) is 2.21. The molecule has 1 unspecified atom stereocenters. The quantitative estimate of drug-likeness (QED) is 0.795. The lowest BCUT2D eigenvalue weighted by Gasteiger charge is -2.13. The van der Waals surface area contributed by atoms with Crippen LogP contribution in [0.15, 0.2) is 12.1 Å². The maximum atomic E-state index is 9.76. The van der Waals surface area contributed by atoms with Crippen molar-refractivity contribution in [3.8, 4) is 5.75 Å². The number of aryl methyl sites for hydroxylation is 2. The molecule has 0 aromatic heterocycles. The molecule has 2 nitrogen and oxygen atoms in total. The van der Waals surface area contributed by atoms with E-state index in [9.17, 15) is 5.11 Å². The van der Waals surface area contributed by atoms with Crippen LogP contribution in [-0.2, 0) is 6.54 Å². The van der Waals surface area contributed by atoms with E-state index < -0.39 is 0 Å². The Morgan fingerprint density at radius 1 is 1.27 bits per heavy atom. The highest BCUT2D eigenvalue weighted by molar-refractivity contribution is 5.40. The Labute approximate surface area is 92.3 Å². The Hall–Kier alpha value is -1.02. The lowest BCUT2D eigenvalue weighted by molar-refractivity contribution is 0.457. The van der Waals surface area contributed by atoms with Gasteiger partial charge >= 0.3 is 0 Å². The average molecular weight is 207 g/mol. The number of phenolic OH excluding ortho intramolecular Hbond substituents is 1. The van der Waals surface area contributed by atoms with Crippen molar-refractivity contribution < 1.29 is 5.11 Å². The number of hydrogen-bond donors (Lipinski definition) is 2. The van der Waals surface area contributed by atoms with Gasteiger partial charge < -0.3 is 10.4 Å². The largest absolute Gasteiger partial charge is 0.508 e. The van der Waals surface area contributed by atoms with E-state index in [0.717, 1.165) is 24.1 Å². The zero-order valence-corrected chi connectivity index (χ0v) is 10.1. The fourth-order valence-corrected chi connectivity index (χ4v) is 1.43. The van der Waals surface area contributed by atoms with Crippen LogP contribution in [0.25, 0.3) is 0 Å². The summed E-state index contributed by atoms with van der Waals surface area (Å²) in [6, 6.07) is 4.38. The summed E-state index contributed by atoms with van der Waals surface area (Å²) in [4.78, 5) is 0. The van der Waals surface area contributed by atoms with E-state index in [0.29, 0.717) is 11.8 Å². The fourth-order valence-electron chi connectivity index (χ4n) is 1.43. The van der Waals surface area contributed by atoms with E-state index in [4.69, 9.17) is 0 Å². The minimum atomic E-state index is 0.397. The van der Waals surface area contributed by atoms with E-state index in [1.807, 2.05) is 13.0 Å². The first-order valence-electron chi connectivity index (χ1n) is 5.57. The first-order chi connectivity index (χ1) is 7.04. The highest BCUT2D eigenvalue weighted by Gasteiger charge is 2.05. The van der Waals surface area contributed by atoms with Crippen LogP contribution in [0.4, 0.5) is 0 Å². The maximum absolute atomic E-state index is 9.76. The summed E-state index contributed by atoms with van der Waals surface area (Å²) in [5, 5.41) is 13.1. The predicted octanol–water partition coefficient (Wildman–Crippen LogP) is 2.90. The molecule has 2 N–H and O–H groups in total. The van der Waals surface area contributed by atoms with Crippen molar-refractivity contribution in [2.75, 3.05) is 0 Å². The molecule has 0 fully saturated rings. The van der Waals surface area contributed by atoms with Crippen LogP contribution in [0, 0.1) is 13.8 Å². The molecule has 0 amide bonds. The van der Waals surface area contributed by atoms with Crippen molar-refractivity contribution in [2.45, 2.75) is 46.7 Å². The predicted molar refractivity (Wildman–Crippen MR) is 64.2 cm³/mol. The Morgan fingerprint density at radius 2 is 1.87 bits per heavy atom. The molecule has 2 heteroatoms. The summed E-state index contributed by atoms with van der Waals surface area (Å²) < 4.78 is 0. The Bertz CT molecular complexity index is 334. The normalized spacial score (nSPS) is 12.8. The van der Waals surface area contributed by atoms with Crippen LogP contribution in [0.1, 0.15) is 37.0 Å². The first kappa shape index (κ1) is 12.1. The van der Waals surface area contributed by atoms with Crippen molar-refractivity contribution in [3.05, 3.63) is 28.8 Å². The minimum absolute atomic E-state index is 0.397. The highest BCUT2D eigenvalue weighted by atomic mass is 16.3. The zero-order valence-electron chi connectivity index (χ0n) is 10.1. The standard InChI is InChI=1S/C13H21NO/c1-5-11(4)14-8-12-6-9(2)10(3)7-13(12)15/h6-7,11,14-15H,5,8H2,1-4H3. The Morgan fingerprint density at radius 3 is 2.47 bits per heavy atom. The highest BCUT2D eigenvalue weighted by Crippen LogP contribution is 2.21. The molecule has 0 radical (unpaired) electrons. The Kier molecular flexibility index (Phi) is 4.15. The van der Waals surface area contributed by atoms with Crippen LogP contribution in [0.3, 0.4) is 0 Å². The van der Waals surface area contributed by atoms with Crippen molar-refractivity contribution >= 4 is 0 Å². The number of hydrogen-bond acceptors (Lipinski definition) is 2. The van der Waals surface area contributed by atoms with Gasteiger partial charge in [-0.05, 0) is 44.4 Å². The van der Waals surface area contributed by atoms with Crippen LogP contribution < -0.4 is 5.32 Å². The van der Waals surface area contributed by atoms with Gasteiger partial charge in [0.25, 0.3) is 0 Å². The molecule has 15 heavy (non-hydrogen) atoms. The van der Waals surface area contributed by atoms with E-state index >= 15 is 0 Å². The molecular weight excluding hydrogens is 186 g/mol. The van der Waals surface area contributed by atoms with Crippen molar-refractivity contribution in [3.63, 3.8) is 0 Å². The monoisotopic (exact) mass is 207 g/mol. The minimum Gasteiger partial charge on any atom is -0.508 e. The van der Waals surface area contributed by atoms with Crippen molar-refractivity contribution in [1.29, 1.82) is 0 Å².